The number of ether oxygens (including phenoxy) is 1. The standard InChI is InChI=1S/C18H36O2.C4H10O/c1-3-5-6-7-8-9-10-11-12-13-14-15-16-17-18(19)20-4-2;1-4(2)3-5/h3-17H2,1-2H3;4-5H,3H2,1-2H3. The van der Waals surface area contributed by atoms with Crippen molar-refractivity contribution in [2.24, 2.45) is 5.92 Å². The minimum absolute atomic E-state index is 0.0319. The molecule has 0 aliphatic heterocycles. The van der Waals surface area contributed by atoms with Gasteiger partial charge in [-0.2, -0.15) is 0 Å². The van der Waals surface area contributed by atoms with E-state index in [0.29, 0.717) is 25.6 Å². The molecule has 0 unspecified atom stereocenters. The maximum atomic E-state index is 11.1. The maximum Gasteiger partial charge on any atom is 0.305 e. The van der Waals surface area contributed by atoms with Crippen LogP contribution in [0.5, 0.6) is 0 Å². The van der Waals surface area contributed by atoms with Crippen molar-refractivity contribution in [3.05, 3.63) is 0 Å². The quantitative estimate of drug-likeness (QED) is 0.248. The lowest BCUT2D eigenvalue weighted by Gasteiger charge is -2.03. The average molecular weight is 359 g/mol. The third-order valence-corrected chi connectivity index (χ3v) is 4.15. The minimum atomic E-state index is -0.0319. The second-order valence-corrected chi connectivity index (χ2v) is 7.37. The predicted molar refractivity (Wildman–Crippen MR) is 109 cm³/mol. The first-order chi connectivity index (χ1) is 12.1. The molecule has 1 N–H and O–H groups in total. The van der Waals surface area contributed by atoms with E-state index in [-0.39, 0.29) is 5.97 Å². The highest BCUT2D eigenvalue weighted by Crippen LogP contribution is 2.13. The second-order valence-electron chi connectivity index (χ2n) is 7.37. The number of carbonyl (C=O) groups excluding carboxylic acids is 1. The van der Waals surface area contributed by atoms with Crippen LogP contribution >= 0.6 is 0 Å². The van der Waals surface area contributed by atoms with E-state index in [0.717, 1.165) is 6.42 Å². The number of unbranched alkanes of at least 4 members (excludes halogenated alkanes) is 12. The summed E-state index contributed by atoms with van der Waals surface area (Å²) in [5.74, 6) is 0.408. The summed E-state index contributed by atoms with van der Waals surface area (Å²) in [6.07, 6.45) is 18.0. The predicted octanol–water partition coefficient (Wildman–Crippen LogP) is 6.67. The molecule has 0 aromatic carbocycles. The number of aliphatic hydroxyl groups is 1. The summed E-state index contributed by atoms with van der Waals surface area (Å²) in [7, 11) is 0. The molecule has 0 amide bonds. The molecule has 0 fully saturated rings. The third kappa shape index (κ3) is 28.5. The fourth-order valence-corrected chi connectivity index (χ4v) is 2.52. The van der Waals surface area contributed by atoms with Crippen molar-refractivity contribution in [3.63, 3.8) is 0 Å². The van der Waals surface area contributed by atoms with Crippen molar-refractivity contribution in [3.8, 4) is 0 Å². The number of hydrogen-bond donors (Lipinski definition) is 1. The van der Waals surface area contributed by atoms with Crippen LogP contribution in [-0.4, -0.2) is 24.3 Å². The Kier molecular flexibility index (Phi) is 25.0. The van der Waals surface area contributed by atoms with E-state index in [9.17, 15) is 4.79 Å². The zero-order valence-electron chi connectivity index (χ0n) is 17.7. The zero-order chi connectivity index (χ0) is 19.2. The van der Waals surface area contributed by atoms with Gasteiger partial charge in [-0.25, -0.2) is 0 Å². The summed E-state index contributed by atoms with van der Waals surface area (Å²) in [5.41, 5.74) is 0. The monoisotopic (exact) mass is 358 g/mol. The Labute approximate surface area is 157 Å². The first-order valence-corrected chi connectivity index (χ1v) is 10.8. The Morgan fingerprint density at radius 1 is 0.760 bits per heavy atom. The molecule has 3 nitrogen and oxygen atoms in total. The maximum absolute atomic E-state index is 11.1. The molecular weight excluding hydrogens is 312 g/mol. The van der Waals surface area contributed by atoms with Crippen LogP contribution in [0.4, 0.5) is 0 Å². The molecule has 0 aliphatic rings. The molecule has 0 rings (SSSR count). The molecule has 0 aromatic heterocycles. The molecule has 0 aliphatic carbocycles. The van der Waals surface area contributed by atoms with Crippen LogP contribution in [0.3, 0.4) is 0 Å². The van der Waals surface area contributed by atoms with E-state index in [1.165, 1.54) is 77.0 Å². The molecule has 0 saturated heterocycles. The van der Waals surface area contributed by atoms with Gasteiger partial charge in [0.25, 0.3) is 0 Å². The second kappa shape index (κ2) is 23.4. The summed E-state index contributed by atoms with van der Waals surface area (Å²) in [6, 6.07) is 0. The number of carbonyl (C=O) groups is 1. The lowest BCUT2D eigenvalue weighted by Crippen LogP contribution is -2.03. The fraction of sp³-hybridized carbons (Fsp3) is 0.955. The van der Waals surface area contributed by atoms with Crippen LogP contribution in [0.1, 0.15) is 118 Å². The Morgan fingerprint density at radius 2 is 1.12 bits per heavy atom. The van der Waals surface area contributed by atoms with Gasteiger partial charge < -0.3 is 9.84 Å². The summed E-state index contributed by atoms with van der Waals surface area (Å²) in [5, 5.41) is 8.14. The molecule has 0 spiro atoms. The Morgan fingerprint density at radius 3 is 1.44 bits per heavy atom. The highest BCUT2D eigenvalue weighted by atomic mass is 16.5. The van der Waals surface area contributed by atoms with Gasteiger partial charge in [0.1, 0.15) is 0 Å². The normalized spacial score (nSPS) is 10.5. The van der Waals surface area contributed by atoms with E-state index < -0.39 is 0 Å². The van der Waals surface area contributed by atoms with Crippen LogP contribution in [-0.2, 0) is 9.53 Å². The average Bonchev–Trinajstić information content (AvgIpc) is 2.59. The smallest absolute Gasteiger partial charge is 0.305 e. The highest BCUT2D eigenvalue weighted by molar-refractivity contribution is 5.69. The van der Waals surface area contributed by atoms with Crippen LogP contribution < -0.4 is 0 Å². The Hall–Kier alpha value is -0.570. The summed E-state index contributed by atoms with van der Waals surface area (Å²) in [4.78, 5) is 11.1. The van der Waals surface area contributed by atoms with Gasteiger partial charge in [0.15, 0.2) is 0 Å². The molecule has 0 saturated carbocycles. The largest absolute Gasteiger partial charge is 0.466 e. The molecule has 0 heterocycles. The van der Waals surface area contributed by atoms with Crippen molar-refractivity contribution in [1.29, 1.82) is 0 Å². The minimum Gasteiger partial charge on any atom is -0.466 e. The van der Waals surface area contributed by atoms with Crippen molar-refractivity contribution < 1.29 is 14.6 Å². The van der Waals surface area contributed by atoms with Gasteiger partial charge in [0.05, 0.1) is 6.61 Å². The first-order valence-electron chi connectivity index (χ1n) is 10.8. The number of rotatable bonds is 16. The first kappa shape index (κ1) is 26.7. The Bertz CT molecular complexity index is 252. The third-order valence-electron chi connectivity index (χ3n) is 4.15. The van der Waals surface area contributed by atoms with Crippen molar-refractivity contribution in [1.82, 2.24) is 0 Å². The van der Waals surface area contributed by atoms with Crippen LogP contribution in [0.2, 0.25) is 0 Å². The van der Waals surface area contributed by atoms with Crippen LogP contribution in [0.25, 0.3) is 0 Å². The summed E-state index contributed by atoms with van der Waals surface area (Å²) in [6.45, 7) is 8.89. The molecular formula is C22H46O3. The number of esters is 1. The topological polar surface area (TPSA) is 46.5 Å². The van der Waals surface area contributed by atoms with E-state index in [1.807, 2.05) is 20.8 Å². The van der Waals surface area contributed by atoms with Gasteiger partial charge in [-0.3, -0.25) is 4.79 Å². The molecule has 3 heteroatoms. The fourth-order valence-electron chi connectivity index (χ4n) is 2.52. The lowest BCUT2D eigenvalue weighted by molar-refractivity contribution is -0.143. The van der Waals surface area contributed by atoms with Gasteiger partial charge in [0.2, 0.25) is 0 Å². The van der Waals surface area contributed by atoms with Crippen LogP contribution in [0, 0.1) is 5.92 Å². The van der Waals surface area contributed by atoms with Gasteiger partial charge in [-0.15, -0.1) is 0 Å². The lowest BCUT2D eigenvalue weighted by atomic mass is 10.0. The van der Waals surface area contributed by atoms with E-state index in [1.54, 1.807) is 0 Å². The molecule has 0 radical (unpaired) electrons. The number of aliphatic hydroxyl groups excluding tert-OH is 1. The number of hydrogen-bond acceptors (Lipinski definition) is 3. The van der Waals surface area contributed by atoms with Gasteiger partial charge >= 0.3 is 5.97 Å². The molecule has 25 heavy (non-hydrogen) atoms. The van der Waals surface area contributed by atoms with Gasteiger partial charge in [-0.05, 0) is 19.3 Å². The zero-order valence-corrected chi connectivity index (χ0v) is 17.7. The van der Waals surface area contributed by atoms with E-state index >= 15 is 0 Å². The summed E-state index contributed by atoms with van der Waals surface area (Å²) >= 11 is 0. The van der Waals surface area contributed by atoms with Gasteiger partial charge in [0, 0.05) is 13.0 Å². The molecule has 0 aromatic rings. The summed E-state index contributed by atoms with van der Waals surface area (Å²) < 4.78 is 4.91. The van der Waals surface area contributed by atoms with E-state index in [4.69, 9.17) is 9.84 Å². The Balaban J connectivity index is 0. The van der Waals surface area contributed by atoms with Crippen molar-refractivity contribution in [2.45, 2.75) is 118 Å². The van der Waals surface area contributed by atoms with Crippen LogP contribution in [0.15, 0.2) is 0 Å². The molecule has 0 atom stereocenters. The van der Waals surface area contributed by atoms with Crippen molar-refractivity contribution in [2.75, 3.05) is 13.2 Å². The van der Waals surface area contributed by atoms with Crippen molar-refractivity contribution >= 4 is 5.97 Å². The molecule has 152 valence electrons. The SMILES string of the molecule is CC(C)CO.CCCCCCCCCCCCCCCC(=O)OCC. The highest BCUT2D eigenvalue weighted by Gasteiger charge is 2.00. The van der Waals surface area contributed by atoms with Gasteiger partial charge in [-0.1, -0.05) is 97.8 Å². The van der Waals surface area contributed by atoms with E-state index in [2.05, 4.69) is 6.92 Å². The molecule has 0 bridgehead atoms.